The molecule has 1 spiro atoms. The van der Waals surface area contributed by atoms with Crippen molar-refractivity contribution < 1.29 is 4.42 Å². The van der Waals surface area contributed by atoms with Gasteiger partial charge in [-0.2, -0.15) is 0 Å². The van der Waals surface area contributed by atoms with E-state index in [0.717, 1.165) is 56.4 Å². The molecule has 0 N–H and O–H groups in total. The normalized spacial score (nSPS) is 14.6. The zero-order chi connectivity index (χ0) is 38.2. The molecule has 1 heterocycles. The van der Waals surface area contributed by atoms with Crippen molar-refractivity contribution in [1.29, 1.82) is 0 Å². The minimum atomic E-state index is -0.677. The first-order chi connectivity index (χ1) is 28.8. The fourth-order valence-corrected chi connectivity index (χ4v) is 9.85. The molecule has 12 rings (SSSR count). The topological polar surface area (TPSA) is 19.6 Å². The highest BCUT2D eigenvalue weighted by molar-refractivity contribution is 6.09. The van der Waals surface area contributed by atoms with Gasteiger partial charge < -0.3 is 14.2 Å². The highest BCUT2D eigenvalue weighted by Gasteiger charge is 2.56. The lowest BCUT2D eigenvalue weighted by Gasteiger charge is -2.31. The van der Waals surface area contributed by atoms with E-state index in [2.05, 4.69) is 228 Å². The lowest BCUT2D eigenvalue weighted by molar-refractivity contribution is 0.507. The van der Waals surface area contributed by atoms with Gasteiger partial charge in [-0.15, -0.1) is 0 Å². The molecule has 58 heavy (non-hydrogen) atoms. The zero-order valence-corrected chi connectivity index (χ0v) is 31.6. The van der Waals surface area contributed by atoms with Gasteiger partial charge >= 0.3 is 0 Å². The average Bonchev–Trinajstić information content (AvgIpc) is 3.91. The Morgan fingerprint density at radius 3 is 1.67 bits per heavy atom. The number of para-hydroxylation sites is 4. The van der Waals surface area contributed by atoms with E-state index in [1.165, 1.54) is 44.2 Å². The number of hydrogen-bond donors (Lipinski definition) is 0. The van der Waals surface area contributed by atoms with Crippen molar-refractivity contribution >= 4 is 55.9 Å². The van der Waals surface area contributed by atoms with Crippen LogP contribution in [-0.2, 0) is 5.41 Å². The summed E-state index contributed by atoms with van der Waals surface area (Å²) in [6.45, 7) is 0. The summed E-state index contributed by atoms with van der Waals surface area (Å²) in [6.07, 6.45) is 0. The van der Waals surface area contributed by atoms with Gasteiger partial charge in [-0.05, 0) is 111 Å². The highest BCUT2D eigenvalue weighted by Crippen LogP contribution is 2.67. The van der Waals surface area contributed by atoms with Crippen LogP contribution in [0.5, 0.6) is 0 Å². The van der Waals surface area contributed by atoms with Gasteiger partial charge in [-0.25, -0.2) is 0 Å². The van der Waals surface area contributed by atoms with E-state index >= 15 is 0 Å². The second kappa shape index (κ2) is 12.7. The molecular weight excluding hydrogens is 705 g/mol. The van der Waals surface area contributed by atoms with Gasteiger partial charge in [0.05, 0.1) is 5.69 Å². The summed E-state index contributed by atoms with van der Waals surface area (Å²) >= 11 is 0. The van der Waals surface area contributed by atoms with Crippen LogP contribution in [0.15, 0.2) is 223 Å². The van der Waals surface area contributed by atoms with Crippen LogP contribution in [-0.4, -0.2) is 0 Å². The van der Waals surface area contributed by atoms with Crippen LogP contribution in [0, 0.1) is 0 Å². The van der Waals surface area contributed by atoms with Crippen LogP contribution < -0.4 is 9.80 Å². The third kappa shape index (κ3) is 4.62. The summed E-state index contributed by atoms with van der Waals surface area (Å²) in [5.74, 6) is 0.977. The molecule has 3 nitrogen and oxygen atoms in total. The maximum absolute atomic E-state index is 7.22. The summed E-state index contributed by atoms with van der Waals surface area (Å²) in [4.78, 5) is 4.78. The van der Waals surface area contributed by atoms with Gasteiger partial charge in [0.2, 0.25) is 0 Å². The first kappa shape index (κ1) is 32.6. The molecule has 0 saturated carbocycles. The minimum absolute atomic E-state index is 0.677. The number of furan rings is 1. The van der Waals surface area contributed by atoms with E-state index in [9.17, 15) is 0 Å². The van der Waals surface area contributed by atoms with Gasteiger partial charge in [-0.1, -0.05) is 146 Å². The molecule has 0 fully saturated rings. The summed E-state index contributed by atoms with van der Waals surface area (Å²) in [5.41, 5.74) is 15.3. The largest absolute Gasteiger partial charge is 0.459 e. The summed E-state index contributed by atoms with van der Waals surface area (Å²) in [6, 6.07) is 78.9. The number of benzene rings is 9. The number of anilines is 6. The summed E-state index contributed by atoms with van der Waals surface area (Å²) in [7, 11) is 0. The van der Waals surface area contributed by atoms with Crippen molar-refractivity contribution in [2.24, 2.45) is 0 Å². The molecule has 0 bridgehead atoms. The van der Waals surface area contributed by atoms with Crippen molar-refractivity contribution in [3.05, 3.63) is 241 Å². The Balaban J connectivity index is 1.14. The standard InChI is InChI=1S/C55H36N2O/c1-4-19-39(20-5-1)56(42-32-31-37-17-10-11-18-38(37)35-42)43-33-34-48-46(36-43)44-25-12-14-27-47(44)55(48)49-28-16-29-50(53(49)52-45-26-13-15-30-51(45)58-54(52)55)57(40-21-6-2-7-22-40)41-23-8-3-9-24-41/h1-36H. The Bertz CT molecular complexity index is 3150. The molecule has 0 saturated heterocycles. The van der Waals surface area contributed by atoms with Gasteiger partial charge in [0, 0.05) is 45.0 Å². The van der Waals surface area contributed by atoms with Gasteiger partial charge in [0.25, 0.3) is 0 Å². The predicted octanol–water partition coefficient (Wildman–Crippen LogP) is 14.9. The van der Waals surface area contributed by atoms with E-state index in [0.29, 0.717) is 0 Å². The Hall–Kier alpha value is -7.62. The molecule has 2 aliphatic carbocycles. The molecule has 272 valence electrons. The molecule has 2 aliphatic rings. The summed E-state index contributed by atoms with van der Waals surface area (Å²) < 4.78 is 7.22. The lowest BCUT2D eigenvalue weighted by atomic mass is 9.73. The van der Waals surface area contributed by atoms with Crippen LogP contribution in [0.25, 0.3) is 44.0 Å². The van der Waals surface area contributed by atoms with Crippen molar-refractivity contribution in [2.75, 3.05) is 9.80 Å². The quantitative estimate of drug-likeness (QED) is 0.169. The molecule has 0 amide bonds. The molecule has 1 aromatic heterocycles. The van der Waals surface area contributed by atoms with Crippen molar-refractivity contribution in [1.82, 2.24) is 0 Å². The van der Waals surface area contributed by atoms with E-state index in [4.69, 9.17) is 4.42 Å². The van der Waals surface area contributed by atoms with Crippen molar-refractivity contribution in [2.45, 2.75) is 5.41 Å². The molecule has 9 aromatic carbocycles. The Labute approximate surface area is 337 Å². The van der Waals surface area contributed by atoms with E-state index in [1.54, 1.807) is 0 Å². The molecule has 3 heteroatoms. The van der Waals surface area contributed by atoms with Crippen molar-refractivity contribution in [3.8, 4) is 22.3 Å². The summed E-state index contributed by atoms with van der Waals surface area (Å²) in [5, 5.41) is 3.56. The number of hydrogen-bond acceptors (Lipinski definition) is 3. The third-order valence-electron chi connectivity index (χ3n) is 12.2. The monoisotopic (exact) mass is 740 g/mol. The third-order valence-corrected chi connectivity index (χ3v) is 12.2. The average molecular weight is 741 g/mol. The van der Waals surface area contributed by atoms with E-state index < -0.39 is 5.41 Å². The van der Waals surface area contributed by atoms with Gasteiger partial charge in [0.1, 0.15) is 16.8 Å². The number of nitrogens with zero attached hydrogens (tertiary/aromatic N) is 2. The Morgan fingerprint density at radius 1 is 0.345 bits per heavy atom. The van der Waals surface area contributed by atoms with Crippen LogP contribution >= 0.6 is 0 Å². The lowest BCUT2D eigenvalue weighted by Crippen LogP contribution is -2.25. The Kier molecular flexibility index (Phi) is 7.14. The second-order valence-electron chi connectivity index (χ2n) is 15.2. The molecule has 10 aromatic rings. The molecule has 1 atom stereocenters. The van der Waals surface area contributed by atoms with Crippen molar-refractivity contribution in [3.63, 3.8) is 0 Å². The SMILES string of the molecule is c1ccc(N(c2ccc3c(c2)-c2ccccc2C32c3cccc(N(c4ccccc4)c4ccccc4)c3-c3c2oc2ccccc32)c2ccc3ccccc3c2)cc1. The van der Waals surface area contributed by atoms with Crippen LogP contribution in [0.3, 0.4) is 0 Å². The minimum Gasteiger partial charge on any atom is -0.459 e. The number of fused-ring (bicyclic) bond motifs is 13. The van der Waals surface area contributed by atoms with E-state index in [1.807, 2.05) is 0 Å². The Morgan fingerprint density at radius 2 is 0.914 bits per heavy atom. The maximum Gasteiger partial charge on any atom is 0.135 e. The first-order valence-corrected chi connectivity index (χ1v) is 19.9. The van der Waals surface area contributed by atoms with Gasteiger partial charge in [-0.3, -0.25) is 0 Å². The zero-order valence-electron chi connectivity index (χ0n) is 31.6. The molecule has 0 radical (unpaired) electrons. The smallest absolute Gasteiger partial charge is 0.135 e. The van der Waals surface area contributed by atoms with Gasteiger partial charge in [0.15, 0.2) is 0 Å². The fourth-order valence-electron chi connectivity index (χ4n) is 9.85. The highest BCUT2D eigenvalue weighted by atomic mass is 16.3. The maximum atomic E-state index is 7.22. The first-order valence-electron chi connectivity index (χ1n) is 19.9. The molecule has 1 unspecified atom stereocenters. The van der Waals surface area contributed by atoms with E-state index in [-0.39, 0.29) is 0 Å². The predicted molar refractivity (Wildman–Crippen MR) is 239 cm³/mol. The number of rotatable bonds is 6. The van der Waals surface area contributed by atoms with Crippen LogP contribution in [0.1, 0.15) is 22.5 Å². The second-order valence-corrected chi connectivity index (χ2v) is 15.2. The fraction of sp³-hybridized carbons (Fsp3) is 0.0182. The molecule has 0 aliphatic heterocycles. The van der Waals surface area contributed by atoms with Crippen LogP contribution in [0.2, 0.25) is 0 Å². The van der Waals surface area contributed by atoms with Crippen LogP contribution in [0.4, 0.5) is 34.1 Å². The molecular formula is C55H36N2O.